The fourth-order valence-electron chi connectivity index (χ4n) is 1.79. The monoisotopic (exact) mass is 252 g/mol. The van der Waals surface area contributed by atoms with Crippen LogP contribution in [0.25, 0.3) is 0 Å². The minimum Gasteiger partial charge on any atom is -0.508 e. The highest BCUT2D eigenvalue weighted by molar-refractivity contribution is 6.15. The fraction of sp³-hybridized carbons (Fsp3) is 0.333. The molecule has 0 saturated heterocycles. The normalized spacial score (nSPS) is 22.6. The van der Waals surface area contributed by atoms with Gasteiger partial charge in [0.25, 0.3) is 5.79 Å². The van der Waals surface area contributed by atoms with Crippen LogP contribution in [0.2, 0.25) is 0 Å². The topological polar surface area (TPSA) is 93.1 Å². The molecule has 0 amide bonds. The molecule has 1 aliphatic heterocycles. The van der Waals surface area contributed by atoms with Crippen LogP contribution in [0.4, 0.5) is 0 Å². The van der Waals surface area contributed by atoms with Crippen molar-refractivity contribution in [3.63, 3.8) is 0 Å². The van der Waals surface area contributed by atoms with Gasteiger partial charge in [0.1, 0.15) is 17.1 Å². The maximum Gasteiger partial charge on any atom is 0.345 e. The highest BCUT2D eigenvalue weighted by atomic mass is 16.7. The summed E-state index contributed by atoms with van der Waals surface area (Å²) in [5.41, 5.74) is -0.249. The Morgan fingerprint density at radius 3 is 2.50 bits per heavy atom. The van der Waals surface area contributed by atoms with Crippen molar-refractivity contribution in [2.24, 2.45) is 0 Å². The third-order valence-electron chi connectivity index (χ3n) is 3.06. The molecule has 0 spiro atoms. The van der Waals surface area contributed by atoms with Crippen molar-refractivity contribution >= 4 is 11.8 Å². The van der Waals surface area contributed by atoms with E-state index in [4.69, 9.17) is 9.47 Å². The number of carbonyl (C=O) groups is 2. The number of esters is 1. The Morgan fingerprint density at radius 1 is 1.33 bits per heavy atom. The third-order valence-corrected chi connectivity index (χ3v) is 3.06. The molecule has 6 nitrogen and oxygen atoms in total. The van der Waals surface area contributed by atoms with Gasteiger partial charge in [-0.2, -0.15) is 0 Å². The van der Waals surface area contributed by atoms with Crippen LogP contribution in [0.15, 0.2) is 6.07 Å². The number of ether oxygens (including phenoxy) is 2. The number of methoxy groups -OCH3 is 1. The van der Waals surface area contributed by atoms with Gasteiger partial charge in [0.05, 0.1) is 0 Å². The summed E-state index contributed by atoms with van der Waals surface area (Å²) in [5, 5.41) is 19.4. The van der Waals surface area contributed by atoms with E-state index in [1.54, 1.807) is 0 Å². The van der Waals surface area contributed by atoms with Gasteiger partial charge in [-0.15, -0.1) is 0 Å². The van der Waals surface area contributed by atoms with Crippen LogP contribution in [0.3, 0.4) is 0 Å². The van der Waals surface area contributed by atoms with E-state index in [2.05, 4.69) is 0 Å². The Kier molecular flexibility index (Phi) is 2.55. The van der Waals surface area contributed by atoms with Gasteiger partial charge in [0.2, 0.25) is 5.78 Å². The van der Waals surface area contributed by atoms with Gasteiger partial charge in [0, 0.05) is 25.2 Å². The summed E-state index contributed by atoms with van der Waals surface area (Å²) in [6.07, 6.45) is 0. The van der Waals surface area contributed by atoms with Crippen LogP contribution in [-0.4, -0.2) is 34.9 Å². The molecule has 0 radical (unpaired) electrons. The van der Waals surface area contributed by atoms with Gasteiger partial charge in [-0.1, -0.05) is 0 Å². The molecule has 1 atom stereocenters. The number of Topliss-reactive ketones (excluding diaryl/α,β-unsaturated/α-hetero) is 1. The average molecular weight is 252 g/mol. The largest absolute Gasteiger partial charge is 0.508 e. The number of carbonyl (C=O) groups excluding carboxylic acids is 2. The van der Waals surface area contributed by atoms with Gasteiger partial charge in [-0.25, -0.2) is 4.79 Å². The summed E-state index contributed by atoms with van der Waals surface area (Å²) in [7, 11) is 1.23. The van der Waals surface area contributed by atoms with Crippen molar-refractivity contribution in [1.82, 2.24) is 0 Å². The standard InChI is InChI=1S/C12H12O6/c1-5-7(13)4-6-8(9(5)14)11(16)18-12(2,17-3)10(6)15/h4,13-14H,1-3H3. The lowest BCUT2D eigenvalue weighted by molar-refractivity contribution is -0.142. The molecule has 1 unspecified atom stereocenters. The predicted molar refractivity (Wildman–Crippen MR) is 59.7 cm³/mol. The lowest BCUT2D eigenvalue weighted by Crippen LogP contribution is -2.46. The number of cyclic esters (lactones) is 1. The van der Waals surface area contributed by atoms with Crippen molar-refractivity contribution in [2.45, 2.75) is 19.6 Å². The zero-order valence-electron chi connectivity index (χ0n) is 10.1. The minimum absolute atomic E-state index is 0.111. The molecular weight excluding hydrogens is 240 g/mol. The predicted octanol–water partition coefficient (Wildman–Crippen LogP) is 1.12. The number of hydrogen-bond donors (Lipinski definition) is 2. The van der Waals surface area contributed by atoms with E-state index in [0.29, 0.717) is 0 Å². The van der Waals surface area contributed by atoms with Crippen LogP contribution in [0, 0.1) is 6.92 Å². The first-order chi connectivity index (χ1) is 8.31. The summed E-state index contributed by atoms with van der Waals surface area (Å²) in [6, 6.07) is 1.13. The Morgan fingerprint density at radius 2 is 1.94 bits per heavy atom. The van der Waals surface area contributed by atoms with Crippen molar-refractivity contribution in [3.05, 3.63) is 22.8 Å². The first-order valence-corrected chi connectivity index (χ1v) is 5.20. The molecular formula is C12H12O6. The number of ketones is 1. The second-order valence-electron chi connectivity index (χ2n) is 4.16. The summed E-state index contributed by atoms with van der Waals surface area (Å²) in [5.74, 6) is -3.97. The summed E-state index contributed by atoms with van der Waals surface area (Å²) in [6.45, 7) is 2.72. The van der Waals surface area contributed by atoms with Crippen LogP contribution in [0.5, 0.6) is 11.5 Å². The fourth-order valence-corrected chi connectivity index (χ4v) is 1.79. The van der Waals surface area contributed by atoms with Gasteiger partial charge in [0.15, 0.2) is 0 Å². The quantitative estimate of drug-likeness (QED) is 0.727. The first-order valence-electron chi connectivity index (χ1n) is 5.20. The van der Waals surface area contributed by atoms with E-state index < -0.39 is 23.3 Å². The molecule has 6 heteroatoms. The van der Waals surface area contributed by atoms with Gasteiger partial charge in [-0.3, -0.25) is 4.79 Å². The summed E-state index contributed by atoms with van der Waals surface area (Å²) < 4.78 is 9.76. The lowest BCUT2D eigenvalue weighted by atomic mass is 9.92. The number of hydrogen-bond acceptors (Lipinski definition) is 6. The first kappa shape index (κ1) is 12.4. The van der Waals surface area contributed by atoms with E-state index in [0.717, 1.165) is 6.07 Å². The van der Waals surface area contributed by atoms with Crippen molar-refractivity contribution in [1.29, 1.82) is 0 Å². The van der Waals surface area contributed by atoms with Crippen LogP contribution in [-0.2, 0) is 9.47 Å². The molecule has 0 bridgehead atoms. The summed E-state index contributed by atoms with van der Waals surface area (Å²) >= 11 is 0. The molecule has 2 rings (SSSR count). The molecule has 0 aliphatic carbocycles. The van der Waals surface area contributed by atoms with Crippen LogP contribution in [0.1, 0.15) is 33.2 Å². The molecule has 96 valence electrons. The van der Waals surface area contributed by atoms with E-state index in [9.17, 15) is 19.8 Å². The minimum atomic E-state index is -1.74. The molecule has 1 aliphatic rings. The van der Waals surface area contributed by atoms with E-state index in [-0.39, 0.29) is 22.4 Å². The molecule has 0 fully saturated rings. The third kappa shape index (κ3) is 1.46. The molecule has 0 saturated carbocycles. The number of benzene rings is 1. The Labute approximate surface area is 103 Å². The molecule has 1 aromatic carbocycles. The molecule has 1 heterocycles. The SMILES string of the molecule is COC1(C)OC(=O)c2c(cc(O)c(C)c2O)C1=O. The van der Waals surface area contributed by atoms with E-state index >= 15 is 0 Å². The highest BCUT2D eigenvalue weighted by Crippen LogP contribution is 2.39. The molecule has 1 aromatic rings. The van der Waals surface area contributed by atoms with Crippen molar-refractivity contribution in [2.75, 3.05) is 7.11 Å². The van der Waals surface area contributed by atoms with Gasteiger partial charge >= 0.3 is 5.97 Å². The number of phenols is 2. The number of phenolic OH excluding ortho intramolecular Hbond substituents is 2. The van der Waals surface area contributed by atoms with E-state index in [1.165, 1.54) is 21.0 Å². The van der Waals surface area contributed by atoms with Crippen molar-refractivity contribution < 1.29 is 29.3 Å². The summed E-state index contributed by atoms with van der Waals surface area (Å²) in [4.78, 5) is 23.9. The maximum absolute atomic E-state index is 12.1. The lowest BCUT2D eigenvalue weighted by Gasteiger charge is -2.31. The second kappa shape index (κ2) is 3.71. The molecule has 2 N–H and O–H groups in total. The number of aromatic hydroxyl groups is 2. The zero-order chi connectivity index (χ0) is 13.7. The van der Waals surface area contributed by atoms with Crippen molar-refractivity contribution in [3.8, 4) is 11.5 Å². The van der Waals surface area contributed by atoms with Crippen LogP contribution >= 0.6 is 0 Å². The Balaban J connectivity index is 2.75. The Bertz CT molecular complexity index is 562. The smallest absolute Gasteiger partial charge is 0.345 e. The average Bonchev–Trinajstić information content (AvgIpc) is 2.32. The van der Waals surface area contributed by atoms with Crippen LogP contribution < -0.4 is 0 Å². The molecule has 18 heavy (non-hydrogen) atoms. The van der Waals surface area contributed by atoms with Gasteiger partial charge < -0.3 is 19.7 Å². The molecule has 0 aromatic heterocycles. The maximum atomic E-state index is 12.1. The zero-order valence-corrected chi connectivity index (χ0v) is 10.1. The van der Waals surface area contributed by atoms with E-state index in [1.807, 2.05) is 0 Å². The Hall–Kier alpha value is -2.08. The van der Waals surface area contributed by atoms with Gasteiger partial charge in [-0.05, 0) is 13.0 Å². The number of rotatable bonds is 1. The second-order valence-corrected chi connectivity index (χ2v) is 4.16. The number of fused-ring (bicyclic) bond motifs is 1. The highest BCUT2D eigenvalue weighted by Gasteiger charge is 2.46.